The summed E-state index contributed by atoms with van der Waals surface area (Å²) in [6, 6.07) is 10.9. The van der Waals surface area contributed by atoms with E-state index in [0.29, 0.717) is 16.8 Å². The van der Waals surface area contributed by atoms with E-state index in [-0.39, 0.29) is 23.2 Å². The molecule has 0 fully saturated rings. The summed E-state index contributed by atoms with van der Waals surface area (Å²) in [6.07, 6.45) is 0. The molecule has 2 N–H and O–H groups in total. The molecular weight excluding hydrogens is 395 g/mol. The third-order valence-electron chi connectivity index (χ3n) is 5.85. The summed E-state index contributed by atoms with van der Waals surface area (Å²) in [4.78, 5) is 12.2. The van der Waals surface area contributed by atoms with E-state index in [1.807, 2.05) is 30.3 Å². The molecule has 0 aliphatic carbocycles. The molecule has 0 saturated carbocycles. The molecule has 4 nitrogen and oxygen atoms in total. The van der Waals surface area contributed by atoms with Gasteiger partial charge in [0.1, 0.15) is 11.7 Å². The monoisotopic (exact) mass is 424 g/mol. The average Bonchev–Trinajstić information content (AvgIpc) is 2.68. The van der Waals surface area contributed by atoms with Crippen molar-refractivity contribution < 1.29 is 13.6 Å². The molecular formula is C24H29FN2O2Si. The van der Waals surface area contributed by atoms with Crippen molar-refractivity contribution in [1.82, 2.24) is 0 Å². The van der Waals surface area contributed by atoms with Crippen LogP contribution >= 0.6 is 0 Å². The van der Waals surface area contributed by atoms with Gasteiger partial charge in [-0.3, -0.25) is 4.79 Å². The molecule has 6 heteroatoms. The Morgan fingerprint density at radius 3 is 2.43 bits per heavy atom. The highest BCUT2D eigenvalue weighted by Crippen LogP contribution is 2.39. The summed E-state index contributed by atoms with van der Waals surface area (Å²) >= 11 is 0. The van der Waals surface area contributed by atoms with Crippen molar-refractivity contribution >= 4 is 25.6 Å². The van der Waals surface area contributed by atoms with Crippen LogP contribution in [0, 0.1) is 17.7 Å². The number of hydrogen-bond acceptors (Lipinski definition) is 3. The highest BCUT2D eigenvalue weighted by Gasteiger charge is 2.37. The first-order chi connectivity index (χ1) is 14.0. The van der Waals surface area contributed by atoms with E-state index in [0.717, 1.165) is 5.56 Å². The first-order valence-corrected chi connectivity index (χ1v) is 13.0. The molecule has 1 aliphatic rings. The van der Waals surface area contributed by atoms with Crippen molar-refractivity contribution in [1.29, 1.82) is 0 Å². The second-order valence-corrected chi connectivity index (χ2v) is 14.0. The summed E-state index contributed by atoms with van der Waals surface area (Å²) in [5.74, 6) is 5.52. The number of nitrogens with one attached hydrogen (secondary N) is 2. The van der Waals surface area contributed by atoms with E-state index in [1.165, 1.54) is 0 Å². The summed E-state index contributed by atoms with van der Waals surface area (Å²) in [7, 11) is -2.06. The number of rotatable bonds is 3. The lowest BCUT2D eigenvalue weighted by Gasteiger charge is -2.36. The molecule has 0 spiro atoms. The molecule has 0 radical (unpaired) electrons. The third-order valence-corrected chi connectivity index (χ3v) is 10.3. The first-order valence-electron chi connectivity index (χ1n) is 10.1. The van der Waals surface area contributed by atoms with Crippen LogP contribution in [0.4, 0.5) is 15.8 Å². The zero-order valence-electron chi connectivity index (χ0n) is 18.4. The van der Waals surface area contributed by atoms with Crippen LogP contribution in [0.15, 0.2) is 36.4 Å². The molecule has 30 heavy (non-hydrogen) atoms. The Labute approximate surface area is 179 Å². The Morgan fingerprint density at radius 2 is 1.80 bits per heavy atom. The SMILES string of the molecule is CC1Nc2c(C#Cc3ccccc3)cc(CO[Si](C)(C)C(C)(C)C)c(F)c2NC1=O. The predicted molar refractivity (Wildman–Crippen MR) is 123 cm³/mol. The van der Waals surface area contributed by atoms with E-state index >= 15 is 4.39 Å². The zero-order valence-corrected chi connectivity index (χ0v) is 19.4. The summed E-state index contributed by atoms with van der Waals surface area (Å²) in [5, 5.41) is 5.80. The van der Waals surface area contributed by atoms with Gasteiger partial charge in [-0.1, -0.05) is 50.8 Å². The minimum atomic E-state index is -2.06. The Bertz CT molecular complexity index is 1020. The summed E-state index contributed by atoms with van der Waals surface area (Å²) in [6.45, 7) is 12.6. The minimum Gasteiger partial charge on any atom is -0.412 e. The van der Waals surface area contributed by atoms with E-state index in [2.05, 4.69) is 56.3 Å². The predicted octanol–water partition coefficient (Wildman–Crippen LogP) is 5.50. The van der Waals surface area contributed by atoms with Gasteiger partial charge in [-0.15, -0.1) is 0 Å². The summed E-state index contributed by atoms with van der Waals surface area (Å²) in [5.41, 5.74) is 2.55. The number of carbonyl (C=O) groups excluding carboxylic acids is 1. The van der Waals surface area contributed by atoms with E-state index < -0.39 is 20.2 Å². The molecule has 3 rings (SSSR count). The molecule has 2 aromatic rings. The smallest absolute Gasteiger partial charge is 0.246 e. The average molecular weight is 425 g/mol. The quantitative estimate of drug-likeness (QED) is 0.505. The number of halogens is 1. The van der Waals surface area contributed by atoms with Gasteiger partial charge in [-0.05, 0) is 43.3 Å². The Kier molecular flexibility index (Phi) is 6.07. The molecule has 1 aliphatic heterocycles. The van der Waals surface area contributed by atoms with Crippen LogP contribution in [-0.2, 0) is 15.8 Å². The van der Waals surface area contributed by atoms with Crippen LogP contribution in [0.5, 0.6) is 0 Å². The van der Waals surface area contributed by atoms with E-state index in [9.17, 15) is 4.79 Å². The molecule has 158 valence electrons. The normalized spacial score (nSPS) is 16.1. The van der Waals surface area contributed by atoms with Crippen LogP contribution in [0.1, 0.15) is 44.4 Å². The molecule has 1 heterocycles. The number of fused-ring (bicyclic) bond motifs is 1. The highest BCUT2D eigenvalue weighted by molar-refractivity contribution is 6.74. The number of benzene rings is 2. The zero-order chi connectivity index (χ0) is 22.1. The topological polar surface area (TPSA) is 50.4 Å². The Hall–Kier alpha value is -2.62. The lowest BCUT2D eigenvalue weighted by molar-refractivity contribution is -0.116. The molecule has 1 amide bonds. The fourth-order valence-electron chi connectivity index (χ4n) is 2.83. The van der Waals surface area contributed by atoms with Gasteiger partial charge in [0.2, 0.25) is 5.91 Å². The van der Waals surface area contributed by atoms with Crippen LogP contribution in [-0.4, -0.2) is 20.3 Å². The van der Waals surface area contributed by atoms with Crippen LogP contribution in [0.3, 0.4) is 0 Å². The largest absolute Gasteiger partial charge is 0.412 e. The van der Waals surface area contributed by atoms with Gasteiger partial charge in [-0.2, -0.15) is 0 Å². The van der Waals surface area contributed by atoms with Gasteiger partial charge in [0, 0.05) is 11.1 Å². The van der Waals surface area contributed by atoms with Gasteiger partial charge >= 0.3 is 0 Å². The fraction of sp³-hybridized carbons (Fsp3) is 0.375. The van der Waals surface area contributed by atoms with Gasteiger partial charge in [0.25, 0.3) is 0 Å². The van der Waals surface area contributed by atoms with E-state index in [4.69, 9.17) is 4.43 Å². The van der Waals surface area contributed by atoms with Crippen molar-refractivity contribution in [2.45, 2.75) is 58.5 Å². The van der Waals surface area contributed by atoms with Crippen molar-refractivity contribution in [3.63, 3.8) is 0 Å². The molecule has 2 aromatic carbocycles. The minimum absolute atomic E-state index is 0.0127. The maximum Gasteiger partial charge on any atom is 0.246 e. The van der Waals surface area contributed by atoms with Crippen molar-refractivity contribution in [2.24, 2.45) is 0 Å². The van der Waals surface area contributed by atoms with Crippen LogP contribution in [0.25, 0.3) is 0 Å². The fourth-order valence-corrected chi connectivity index (χ4v) is 3.78. The summed E-state index contributed by atoms with van der Waals surface area (Å²) < 4.78 is 21.5. The molecule has 1 atom stereocenters. The standard InChI is InChI=1S/C24H29FN2O2Si/c1-16-23(28)27-22-20(25)19(15-29-30(5,6)24(2,3)4)14-18(21(22)26-16)13-12-17-10-8-7-9-11-17/h7-11,14,16,26H,15H2,1-6H3,(H,27,28). The number of anilines is 2. The number of hydrogen-bond donors (Lipinski definition) is 2. The maximum atomic E-state index is 15.3. The van der Waals surface area contributed by atoms with Gasteiger partial charge < -0.3 is 15.1 Å². The van der Waals surface area contributed by atoms with Crippen molar-refractivity contribution in [3.8, 4) is 11.8 Å². The Balaban J connectivity index is 2.03. The molecule has 0 bridgehead atoms. The number of carbonyl (C=O) groups is 1. The Morgan fingerprint density at radius 1 is 1.13 bits per heavy atom. The first kappa shape index (κ1) is 22.1. The van der Waals surface area contributed by atoms with Gasteiger partial charge in [0.05, 0.1) is 17.9 Å². The van der Waals surface area contributed by atoms with Gasteiger partial charge in [0.15, 0.2) is 14.1 Å². The van der Waals surface area contributed by atoms with E-state index in [1.54, 1.807) is 13.0 Å². The van der Waals surface area contributed by atoms with Crippen LogP contribution in [0.2, 0.25) is 18.1 Å². The third kappa shape index (κ3) is 4.58. The molecule has 1 unspecified atom stereocenters. The van der Waals surface area contributed by atoms with Gasteiger partial charge in [-0.25, -0.2) is 4.39 Å². The van der Waals surface area contributed by atoms with Crippen molar-refractivity contribution in [2.75, 3.05) is 10.6 Å². The molecule has 0 saturated heterocycles. The number of amides is 1. The lowest BCUT2D eigenvalue weighted by atomic mass is 10.0. The van der Waals surface area contributed by atoms with Crippen molar-refractivity contribution in [3.05, 3.63) is 58.9 Å². The lowest BCUT2D eigenvalue weighted by Crippen LogP contribution is -2.40. The molecule has 0 aromatic heterocycles. The highest BCUT2D eigenvalue weighted by atomic mass is 28.4. The second-order valence-electron chi connectivity index (χ2n) is 9.17. The maximum absolute atomic E-state index is 15.3. The van der Waals surface area contributed by atoms with Crippen LogP contribution < -0.4 is 10.6 Å². The second kappa shape index (κ2) is 8.25.